The quantitative estimate of drug-likeness (QED) is 0.901. The number of aromatic nitrogens is 1. The van der Waals surface area contributed by atoms with Crippen LogP contribution in [0.25, 0.3) is 5.69 Å². The molecule has 6 nitrogen and oxygen atoms in total. The lowest BCUT2D eigenvalue weighted by molar-refractivity contribution is -0.143. The number of nitrogens with zero attached hydrogens (tertiary/aromatic N) is 3. The molecule has 1 atom stereocenters. The maximum absolute atomic E-state index is 13.0. The van der Waals surface area contributed by atoms with Crippen molar-refractivity contribution in [3.05, 3.63) is 48.3 Å². The Morgan fingerprint density at radius 3 is 2.69 bits per heavy atom. The van der Waals surface area contributed by atoms with Crippen molar-refractivity contribution in [3.8, 4) is 11.4 Å². The first-order chi connectivity index (χ1) is 12.5. The summed E-state index contributed by atoms with van der Waals surface area (Å²) in [7, 11) is 1.83. The van der Waals surface area contributed by atoms with Gasteiger partial charge in [-0.3, -0.25) is 9.59 Å². The maximum atomic E-state index is 13.0. The smallest absolute Gasteiger partial charge is 0.257 e. The lowest BCUT2D eigenvalue weighted by Crippen LogP contribution is -2.48. The van der Waals surface area contributed by atoms with Crippen LogP contribution in [0.2, 0.25) is 0 Å². The summed E-state index contributed by atoms with van der Waals surface area (Å²) < 4.78 is 1.89. The summed E-state index contributed by atoms with van der Waals surface area (Å²) >= 11 is 0. The Bertz CT molecular complexity index is 846. The first kappa shape index (κ1) is 16.7. The predicted molar refractivity (Wildman–Crippen MR) is 97.3 cm³/mol. The average molecular weight is 353 g/mol. The Morgan fingerprint density at radius 2 is 1.92 bits per heavy atom. The minimum absolute atomic E-state index is 0.0288. The summed E-state index contributed by atoms with van der Waals surface area (Å²) in [4.78, 5) is 29.2. The lowest BCUT2D eigenvalue weighted by Gasteiger charge is -2.37. The fourth-order valence-corrected chi connectivity index (χ4v) is 4.23. The number of piperidine rings is 1. The normalized spacial score (nSPS) is 23.0. The molecule has 2 aromatic rings. The number of rotatable bonds is 2. The van der Waals surface area contributed by atoms with Crippen LogP contribution >= 0.6 is 0 Å². The van der Waals surface area contributed by atoms with Gasteiger partial charge in [-0.2, -0.15) is 0 Å². The summed E-state index contributed by atoms with van der Waals surface area (Å²) in [5.74, 6) is -0.0993. The topological polar surface area (TPSA) is 65.8 Å². The van der Waals surface area contributed by atoms with Gasteiger partial charge in [-0.05, 0) is 49.6 Å². The molecule has 3 heterocycles. The number of aromatic hydroxyl groups is 1. The van der Waals surface area contributed by atoms with Crippen molar-refractivity contribution >= 4 is 11.8 Å². The van der Waals surface area contributed by atoms with Crippen LogP contribution in [0.3, 0.4) is 0 Å². The molecule has 2 amide bonds. The van der Waals surface area contributed by atoms with Gasteiger partial charge in [0, 0.05) is 44.8 Å². The third-order valence-corrected chi connectivity index (χ3v) is 5.70. The largest absolute Gasteiger partial charge is 0.507 e. The van der Waals surface area contributed by atoms with Gasteiger partial charge < -0.3 is 19.5 Å². The van der Waals surface area contributed by atoms with E-state index < -0.39 is 5.41 Å². The summed E-state index contributed by atoms with van der Waals surface area (Å²) in [5, 5.41) is 10.2. The summed E-state index contributed by atoms with van der Waals surface area (Å²) in [5.41, 5.74) is 0.652. The third-order valence-electron chi connectivity index (χ3n) is 5.70. The molecule has 6 heteroatoms. The number of carbonyl (C=O) groups is 2. The maximum Gasteiger partial charge on any atom is 0.257 e. The van der Waals surface area contributed by atoms with Gasteiger partial charge in [0.1, 0.15) is 5.75 Å². The van der Waals surface area contributed by atoms with Crippen LogP contribution in [-0.2, 0) is 4.79 Å². The second kappa shape index (κ2) is 6.20. The van der Waals surface area contributed by atoms with Gasteiger partial charge in [-0.1, -0.05) is 0 Å². The van der Waals surface area contributed by atoms with E-state index in [1.165, 1.54) is 0 Å². The zero-order chi connectivity index (χ0) is 18.3. The van der Waals surface area contributed by atoms with Crippen molar-refractivity contribution in [2.75, 3.05) is 26.7 Å². The van der Waals surface area contributed by atoms with Gasteiger partial charge in [0.15, 0.2) is 0 Å². The molecule has 0 unspecified atom stereocenters. The first-order valence-electron chi connectivity index (χ1n) is 9.01. The monoisotopic (exact) mass is 353 g/mol. The van der Waals surface area contributed by atoms with Crippen molar-refractivity contribution in [2.24, 2.45) is 5.41 Å². The van der Waals surface area contributed by atoms with Crippen molar-refractivity contribution in [3.63, 3.8) is 0 Å². The van der Waals surface area contributed by atoms with E-state index in [4.69, 9.17) is 0 Å². The molecule has 2 aliphatic heterocycles. The molecule has 4 rings (SSSR count). The highest BCUT2D eigenvalue weighted by Gasteiger charge is 2.48. The molecule has 1 N–H and O–H groups in total. The number of carbonyl (C=O) groups excluding carboxylic acids is 2. The van der Waals surface area contributed by atoms with Crippen LogP contribution < -0.4 is 0 Å². The summed E-state index contributed by atoms with van der Waals surface area (Å²) in [6.07, 6.45) is 6.28. The van der Waals surface area contributed by atoms with Gasteiger partial charge in [0.2, 0.25) is 5.91 Å². The van der Waals surface area contributed by atoms with Gasteiger partial charge in [-0.25, -0.2) is 0 Å². The highest BCUT2D eigenvalue weighted by molar-refractivity contribution is 5.98. The summed E-state index contributed by atoms with van der Waals surface area (Å²) in [6.45, 7) is 1.77. The molecule has 0 saturated carbocycles. The van der Waals surface area contributed by atoms with Gasteiger partial charge in [0.25, 0.3) is 5.91 Å². The van der Waals surface area contributed by atoms with E-state index in [0.29, 0.717) is 19.5 Å². The number of benzene rings is 1. The van der Waals surface area contributed by atoms with E-state index in [0.717, 1.165) is 25.1 Å². The molecule has 136 valence electrons. The molecule has 26 heavy (non-hydrogen) atoms. The van der Waals surface area contributed by atoms with Crippen molar-refractivity contribution in [1.82, 2.24) is 14.4 Å². The number of phenolic OH excluding ortho intramolecular Hbond substituents is 1. The minimum atomic E-state index is -0.448. The number of amides is 2. The van der Waals surface area contributed by atoms with Crippen LogP contribution in [0.4, 0.5) is 0 Å². The molecule has 0 bridgehead atoms. The summed E-state index contributed by atoms with van der Waals surface area (Å²) in [6, 6.07) is 8.84. The fraction of sp³-hybridized carbons (Fsp3) is 0.400. The van der Waals surface area contributed by atoms with Crippen molar-refractivity contribution < 1.29 is 14.7 Å². The van der Waals surface area contributed by atoms with Crippen molar-refractivity contribution in [2.45, 2.75) is 19.3 Å². The second-order valence-corrected chi connectivity index (χ2v) is 7.38. The SMILES string of the molecule is CN1CCC[C@@]2(CCN(C(=O)c3cc(-n4cccc4)ccc3O)C2)C1=O. The van der Waals surface area contributed by atoms with Gasteiger partial charge >= 0.3 is 0 Å². The average Bonchev–Trinajstić information content (AvgIpc) is 3.30. The zero-order valence-electron chi connectivity index (χ0n) is 14.9. The highest BCUT2D eigenvalue weighted by Crippen LogP contribution is 2.40. The van der Waals surface area contributed by atoms with E-state index in [2.05, 4.69) is 0 Å². The van der Waals surface area contributed by atoms with E-state index in [9.17, 15) is 14.7 Å². The third kappa shape index (κ3) is 2.66. The molecule has 2 saturated heterocycles. The molecule has 0 aliphatic carbocycles. The van der Waals surface area contributed by atoms with E-state index in [1.807, 2.05) is 36.1 Å². The number of phenols is 1. The number of hydrogen-bond donors (Lipinski definition) is 1. The van der Waals surface area contributed by atoms with E-state index >= 15 is 0 Å². The Morgan fingerprint density at radius 1 is 1.15 bits per heavy atom. The number of likely N-dealkylation sites (tertiary alicyclic amines) is 2. The van der Waals surface area contributed by atoms with Crippen LogP contribution in [0.5, 0.6) is 5.75 Å². The van der Waals surface area contributed by atoms with Crippen LogP contribution in [0, 0.1) is 5.41 Å². The molecule has 1 aromatic heterocycles. The predicted octanol–water partition coefficient (Wildman–Crippen LogP) is 2.27. The molecule has 0 radical (unpaired) electrons. The van der Waals surface area contributed by atoms with E-state index in [-0.39, 0.29) is 23.1 Å². The van der Waals surface area contributed by atoms with Crippen LogP contribution in [-0.4, -0.2) is 58.0 Å². The van der Waals surface area contributed by atoms with Crippen LogP contribution in [0.1, 0.15) is 29.6 Å². The fourth-order valence-electron chi connectivity index (χ4n) is 4.23. The Balaban J connectivity index is 1.59. The number of hydrogen-bond acceptors (Lipinski definition) is 3. The zero-order valence-corrected chi connectivity index (χ0v) is 14.9. The molecule has 2 fully saturated rings. The molecule has 2 aliphatic rings. The van der Waals surface area contributed by atoms with E-state index in [1.54, 1.807) is 28.0 Å². The van der Waals surface area contributed by atoms with Crippen molar-refractivity contribution in [1.29, 1.82) is 0 Å². The molecular weight excluding hydrogens is 330 g/mol. The second-order valence-electron chi connectivity index (χ2n) is 7.38. The Kier molecular flexibility index (Phi) is 3.98. The Labute approximate surface area is 152 Å². The first-order valence-corrected chi connectivity index (χ1v) is 9.01. The minimum Gasteiger partial charge on any atom is -0.507 e. The van der Waals surface area contributed by atoms with Gasteiger partial charge in [-0.15, -0.1) is 0 Å². The van der Waals surface area contributed by atoms with Gasteiger partial charge in [0.05, 0.1) is 11.0 Å². The molecule has 1 spiro atoms. The molecular formula is C20H23N3O3. The van der Waals surface area contributed by atoms with Crippen LogP contribution in [0.15, 0.2) is 42.7 Å². The lowest BCUT2D eigenvalue weighted by atomic mass is 9.78. The molecule has 1 aromatic carbocycles. The Hall–Kier alpha value is -2.76. The highest BCUT2D eigenvalue weighted by atomic mass is 16.3. The standard InChI is InChI=1S/C20H23N3O3/c1-21-9-4-7-20(19(21)26)8-12-23(14-20)18(25)16-13-15(5-6-17(16)24)22-10-2-3-11-22/h2-3,5-6,10-11,13,24H,4,7-9,12,14H2,1H3/t20-/m0/s1.